The minimum atomic E-state index is -0.785. The Bertz CT molecular complexity index is 1000. The number of aromatic nitrogens is 4. The molecule has 0 unspecified atom stereocenters. The van der Waals surface area contributed by atoms with E-state index in [0.717, 1.165) is 25.7 Å². The Morgan fingerprint density at radius 1 is 1.23 bits per heavy atom. The van der Waals surface area contributed by atoms with Gasteiger partial charge in [-0.25, -0.2) is 19.3 Å². The first kappa shape index (κ1) is 16.7. The molecule has 0 saturated heterocycles. The second-order valence-electron chi connectivity index (χ2n) is 6.79. The van der Waals surface area contributed by atoms with Crippen LogP contribution >= 0.6 is 0 Å². The molecule has 26 heavy (non-hydrogen) atoms. The van der Waals surface area contributed by atoms with Crippen LogP contribution in [-0.4, -0.2) is 30.2 Å². The number of benzene rings is 1. The van der Waals surface area contributed by atoms with Gasteiger partial charge in [0.2, 0.25) is 0 Å². The largest absolute Gasteiger partial charge is 0.386 e. The molecular weight excluding hydrogens is 333 g/mol. The third-order valence-corrected chi connectivity index (χ3v) is 4.86. The van der Waals surface area contributed by atoms with Crippen LogP contribution in [-0.2, 0) is 7.05 Å². The van der Waals surface area contributed by atoms with Crippen LogP contribution in [0.3, 0.4) is 0 Å². The fourth-order valence-electron chi connectivity index (χ4n) is 3.44. The summed E-state index contributed by atoms with van der Waals surface area (Å²) in [4.78, 5) is 13.3. The van der Waals surface area contributed by atoms with Crippen LogP contribution in [0.4, 0.5) is 10.2 Å². The number of imidazole rings is 1. The zero-order valence-corrected chi connectivity index (χ0v) is 14.5. The summed E-state index contributed by atoms with van der Waals surface area (Å²) in [6.45, 7) is 0. The van der Waals surface area contributed by atoms with Gasteiger partial charge in [-0.2, -0.15) is 0 Å². The molecule has 3 N–H and O–H groups in total. The number of nitrogens with zero attached hydrogens (tertiary/aromatic N) is 4. The van der Waals surface area contributed by atoms with Crippen molar-refractivity contribution in [2.24, 2.45) is 7.05 Å². The number of hydrogen-bond acceptors (Lipinski definition) is 5. The SMILES string of the molecule is Cn1c(-c2cccc(F)c2)nc2c(N)nc(/C=C\C3(O)CCCC3)nc21. The van der Waals surface area contributed by atoms with E-state index in [4.69, 9.17) is 5.73 Å². The van der Waals surface area contributed by atoms with Crippen LogP contribution < -0.4 is 5.73 Å². The summed E-state index contributed by atoms with van der Waals surface area (Å²) < 4.78 is 15.3. The van der Waals surface area contributed by atoms with Gasteiger partial charge in [0, 0.05) is 12.6 Å². The van der Waals surface area contributed by atoms with Crippen molar-refractivity contribution in [3.8, 4) is 11.4 Å². The van der Waals surface area contributed by atoms with E-state index in [1.807, 2.05) is 0 Å². The van der Waals surface area contributed by atoms with Gasteiger partial charge in [-0.15, -0.1) is 0 Å². The second kappa shape index (κ2) is 6.17. The molecule has 0 aliphatic heterocycles. The summed E-state index contributed by atoms with van der Waals surface area (Å²) in [7, 11) is 1.81. The molecule has 2 heterocycles. The van der Waals surface area contributed by atoms with Gasteiger partial charge < -0.3 is 15.4 Å². The Balaban J connectivity index is 1.77. The molecule has 0 atom stereocenters. The quantitative estimate of drug-likeness (QED) is 0.755. The molecule has 6 nitrogen and oxygen atoms in total. The number of fused-ring (bicyclic) bond motifs is 1. The molecule has 1 fully saturated rings. The molecule has 1 aliphatic rings. The Kier molecular flexibility index (Phi) is 3.96. The summed E-state index contributed by atoms with van der Waals surface area (Å²) in [6, 6.07) is 6.22. The smallest absolute Gasteiger partial charge is 0.166 e. The molecule has 7 heteroatoms. The van der Waals surface area contributed by atoms with Gasteiger partial charge >= 0.3 is 0 Å². The molecule has 0 bridgehead atoms. The minimum absolute atomic E-state index is 0.256. The number of aryl methyl sites for hydroxylation is 1. The normalized spacial score (nSPS) is 16.7. The van der Waals surface area contributed by atoms with Gasteiger partial charge in [0.15, 0.2) is 22.8 Å². The molecule has 0 spiro atoms. The second-order valence-corrected chi connectivity index (χ2v) is 6.79. The minimum Gasteiger partial charge on any atom is -0.386 e. The van der Waals surface area contributed by atoms with Gasteiger partial charge in [0.05, 0.1) is 5.60 Å². The van der Waals surface area contributed by atoms with Crippen LogP contribution in [0.5, 0.6) is 0 Å². The maximum Gasteiger partial charge on any atom is 0.166 e. The monoisotopic (exact) mass is 353 g/mol. The number of halogens is 1. The summed E-state index contributed by atoms with van der Waals surface area (Å²) in [6.07, 6.45) is 6.98. The maximum absolute atomic E-state index is 13.5. The fraction of sp³-hybridized carbons (Fsp3) is 0.316. The number of rotatable bonds is 3. The highest BCUT2D eigenvalue weighted by Gasteiger charge is 2.28. The lowest BCUT2D eigenvalue weighted by molar-refractivity contribution is 0.100. The molecule has 134 valence electrons. The summed E-state index contributed by atoms with van der Waals surface area (Å²) in [5.41, 5.74) is 6.96. The first-order valence-corrected chi connectivity index (χ1v) is 8.63. The van der Waals surface area contributed by atoms with E-state index in [1.54, 1.807) is 35.9 Å². The number of aliphatic hydroxyl groups is 1. The van der Waals surface area contributed by atoms with E-state index < -0.39 is 5.60 Å². The van der Waals surface area contributed by atoms with Crippen molar-refractivity contribution in [2.45, 2.75) is 31.3 Å². The van der Waals surface area contributed by atoms with Gasteiger partial charge in [-0.3, -0.25) is 0 Å². The molecule has 4 rings (SSSR count). The van der Waals surface area contributed by atoms with Crippen LogP contribution in [0, 0.1) is 5.82 Å². The van der Waals surface area contributed by atoms with Crippen molar-refractivity contribution in [3.63, 3.8) is 0 Å². The average Bonchev–Trinajstić information content (AvgIpc) is 3.18. The molecule has 0 radical (unpaired) electrons. The van der Waals surface area contributed by atoms with E-state index in [9.17, 15) is 9.50 Å². The van der Waals surface area contributed by atoms with Gasteiger partial charge in [-0.1, -0.05) is 25.0 Å². The van der Waals surface area contributed by atoms with Crippen molar-refractivity contribution < 1.29 is 9.50 Å². The fourth-order valence-corrected chi connectivity index (χ4v) is 3.44. The Hall–Kier alpha value is -2.80. The zero-order chi connectivity index (χ0) is 18.3. The van der Waals surface area contributed by atoms with Crippen LogP contribution in [0.15, 0.2) is 30.3 Å². The molecule has 1 saturated carbocycles. The average molecular weight is 353 g/mol. The number of anilines is 1. The predicted molar refractivity (Wildman–Crippen MR) is 98.6 cm³/mol. The van der Waals surface area contributed by atoms with Crippen LogP contribution in [0.1, 0.15) is 31.5 Å². The molecule has 1 aliphatic carbocycles. The molecule has 1 aromatic carbocycles. The molecule has 3 aromatic rings. The molecule has 0 amide bonds. The van der Waals surface area contributed by atoms with E-state index in [2.05, 4.69) is 15.0 Å². The molecule has 2 aromatic heterocycles. The molecular formula is C19H20FN5O. The highest BCUT2D eigenvalue weighted by molar-refractivity contribution is 5.86. The highest BCUT2D eigenvalue weighted by Crippen LogP contribution is 2.31. The first-order chi connectivity index (χ1) is 12.5. The van der Waals surface area contributed by atoms with Crippen molar-refractivity contribution in [3.05, 3.63) is 42.0 Å². The zero-order valence-electron chi connectivity index (χ0n) is 14.5. The van der Waals surface area contributed by atoms with E-state index >= 15 is 0 Å². The van der Waals surface area contributed by atoms with E-state index in [1.165, 1.54) is 12.1 Å². The van der Waals surface area contributed by atoms with Crippen molar-refractivity contribution in [1.29, 1.82) is 0 Å². The number of nitrogens with two attached hydrogens (primary N) is 1. The van der Waals surface area contributed by atoms with Gasteiger partial charge in [-0.05, 0) is 37.1 Å². The highest BCUT2D eigenvalue weighted by atomic mass is 19.1. The van der Waals surface area contributed by atoms with Gasteiger partial charge in [0.1, 0.15) is 11.6 Å². The lowest BCUT2D eigenvalue weighted by Crippen LogP contribution is -2.19. The van der Waals surface area contributed by atoms with E-state index in [0.29, 0.717) is 28.4 Å². The first-order valence-electron chi connectivity index (χ1n) is 8.63. The predicted octanol–water partition coefficient (Wildman–Crippen LogP) is 3.07. The summed E-state index contributed by atoms with van der Waals surface area (Å²) in [5, 5.41) is 10.4. The van der Waals surface area contributed by atoms with Crippen molar-refractivity contribution in [1.82, 2.24) is 19.5 Å². The third kappa shape index (κ3) is 2.94. The van der Waals surface area contributed by atoms with Gasteiger partial charge in [0.25, 0.3) is 0 Å². The Morgan fingerprint density at radius 3 is 2.73 bits per heavy atom. The standard InChI is InChI=1S/C19H20FN5O/c1-25-17(12-5-4-6-13(20)11-12)24-15-16(21)22-14(23-18(15)25)7-10-19(26)8-2-3-9-19/h4-7,10-11,26H,2-3,8-9H2,1H3,(H2,21,22,23)/b10-7-. The Morgan fingerprint density at radius 2 is 2.00 bits per heavy atom. The van der Waals surface area contributed by atoms with Crippen molar-refractivity contribution >= 4 is 23.1 Å². The lowest BCUT2D eigenvalue weighted by Gasteiger charge is -2.16. The summed E-state index contributed by atoms with van der Waals surface area (Å²) in [5.74, 6) is 0.911. The van der Waals surface area contributed by atoms with Crippen LogP contribution in [0.25, 0.3) is 28.6 Å². The van der Waals surface area contributed by atoms with Crippen LogP contribution in [0.2, 0.25) is 0 Å². The summed E-state index contributed by atoms with van der Waals surface area (Å²) >= 11 is 0. The number of hydrogen-bond donors (Lipinski definition) is 2. The lowest BCUT2D eigenvalue weighted by atomic mass is 10.0. The maximum atomic E-state index is 13.5. The number of nitrogen functional groups attached to an aromatic ring is 1. The third-order valence-electron chi connectivity index (χ3n) is 4.86. The van der Waals surface area contributed by atoms with E-state index in [-0.39, 0.29) is 11.6 Å². The van der Waals surface area contributed by atoms with Crippen molar-refractivity contribution in [2.75, 3.05) is 5.73 Å². The Labute approximate surface area is 150 Å². The topological polar surface area (TPSA) is 89.9 Å².